The van der Waals surface area contributed by atoms with Gasteiger partial charge >= 0.3 is 0 Å². The summed E-state index contributed by atoms with van der Waals surface area (Å²) < 4.78 is 5.16. The van der Waals surface area contributed by atoms with Crippen LogP contribution in [0, 0.1) is 0 Å². The lowest BCUT2D eigenvalue weighted by Crippen LogP contribution is -1.87. The maximum Gasteiger partial charge on any atom is 0.237 e. The first kappa shape index (κ1) is 13.1. The first-order valence-electron chi connectivity index (χ1n) is 5.96. The van der Waals surface area contributed by atoms with Crippen molar-refractivity contribution in [2.75, 3.05) is 0 Å². The summed E-state index contributed by atoms with van der Waals surface area (Å²) in [7, 11) is 0. The number of rotatable bonds is 6. The molecule has 0 unspecified atom stereocenters. The van der Waals surface area contributed by atoms with E-state index < -0.39 is 0 Å². The fraction of sp³-hybridized carbons (Fsp3) is 0.385. The Morgan fingerprint density at radius 3 is 3.06 bits per heavy atom. The third kappa shape index (κ3) is 3.58. The molecule has 0 aliphatic rings. The van der Waals surface area contributed by atoms with Crippen LogP contribution in [0.25, 0.3) is 0 Å². The van der Waals surface area contributed by atoms with Gasteiger partial charge in [0.1, 0.15) is 0 Å². The Balaban J connectivity index is 1.93. The molecule has 1 aromatic carbocycles. The van der Waals surface area contributed by atoms with Gasteiger partial charge in [0.2, 0.25) is 5.89 Å². The molecule has 0 atom stereocenters. The molecular formula is C13H16N2O2S. The van der Waals surface area contributed by atoms with Gasteiger partial charge in [-0.1, -0.05) is 24.2 Å². The molecule has 2 aromatic rings. The Bertz CT molecular complexity index is 499. The maximum absolute atomic E-state index is 9.06. The van der Waals surface area contributed by atoms with Crippen molar-refractivity contribution in [1.82, 2.24) is 10.1 Å². The van der Waals surface area contributed by atoms with Gasteiger partial charge in [0, 0.05) is 11.3 Å². The van der Waals surface area contributed by atoms with Crippen molar-refractivity contribution in [3.63, 3.8) is 0 Å². The highest BCUT2D eigenvalue weighted by molar-refractivity contribution is 7.98. The van der Waals surface area contributed by atoms with E-state index >= 15 is 0 Å². The number of aliphatic hydroxyl groups excluding tert-OH is 1. The predicted octanol–water partition coefficient (Wildman–Crippen LogP) is 2.81. The third-order valence-corrected chi connectivity index (χ3v) is 3.41. The molecule has 0 bridgehead atoms. The van der Waals surface area contributed by atoms with E-state index in [4.69, 9.17) is 9.63 Å². The molecule has 2 rings (SSSR count). The van der Waals surface area contributed by atoms with Crippen LogP contribution < -0.4 is 0 Å². The molecule has 96 valence electrons. The summed E-state index contributed by atoms with van der Waals surface area (Å²) in [6.07, 6.45) is 1.87. The Kier molecular flexibility index (Phi) is 4.78. The second kappa shape index (κ2) is 6.56. The molecule has 1 aromatic heterocycles. The van der Waals surface area contributed by atoms with Gasteiger partial charge in [-0.3, -0.25) is 0 Å². The van der Waals surface area contributed by atoms with Gasteiger partial charge in [-0.15, -0.1) is 11.8 Å². The third-order valence-electron chi connectivity index (χ3n) is 2.43. The Labute approximate surface area is 110 Å². The van der Waals surface area contributed by atoms with E-state index in [-0.39, 0.29) is 6.61 Å². The number of aromatic nitrogens is 2. The minimum atomic E-state index is 0.0651. The lowest BCUT2D eigenvalue weighted by molar-refractivity contribution is 0.281. The van der Waals surface area contributed by atoms with Crippen LogP contribution >= 0.6 is 11.8 Å². The van der Waals surface area contributed by atoms with E-state index in [1.807, 2.05) is 24.3 Å². The Morgan fingerprint density at radius 2 is 2.28 bits per heavy atom. The zero-order chi connectivity index (χ0) is 12.8. The van der Waals surface area contributed by atoms with Gasteiger partial charge in [-0.2, -0.15) is 4.98 Å². The molecule has 0 spiro atoms. The number of aliphatic hydroxyl groups is 1. The molecule has 0 aliphatic carbocycles. The first-order chi connectivity index (χ1) is 8.81. The average molecular weight is 264 g/mol. The SMILES string of the molecule is CCCc1noc(CSc2cccc(CO)c2)n1. The fourth-order valence-electron chi connectivity index (χ4n) is 1.55. The first-order valence-corrected chi connectivity index (χ1v) is 6.94. The summed E-state index contributed by atoms with van der Waals surface area (Å²) in [6, 6.07) is 7.81. The minimum absolute atomic E-state index is 0.0651. The molecular weight excluding hydrogens is 248 g/mol. The Morgan fingerprint density at radius 1 is 1.39 bits per heavy atom. The number of hydrogen-bond acceptors (Lipinski definition) is 5. The van der Waals surface area contributed by atoms with E-state index in [1.165, 1.54) is 0 Å². The van der Waals surface area contributed by atoms with Gasteiger partial charge in [0.25, 0.3) is 0 Å². The van der Waals surface area contributed by atoms with Crippen LogP contribution in [-0.4, -0.2) is 15.2 Å². The normalized spacial score (nSPS) is 10.8. The number of thioether (sulfide) groups is 1. The second-order valence-corrected chi connectivity index (χ2v) is 5.00. The quantitative estimate of drug-likeness (QED) is 0.813. The molecule has 5 heteroatoms. The summed E-state index contributed by atoms with van der Waals surface area (Å²) in [5.74, 6) is 2.08. The van der Waals surface area contributed by atoms with Gasteiger partial charge < -0.3 is 9.63 Å². The van der Waals surface area contributed by atoms with E-state index in [1.54, 1.807) is 11.8 Å². The van der Waals surface area contributed by atoms with E-state index in [2.05, 4.69) is 17.1 Å². The molecule has 0 saturated heterocycles. The van der Waals surface area contributed by atoms with Crippen LogP contribution in [0.4, 0.5) is 0 Å². The van der Waals surface area contributed by atoms with Crippen molar-refractivity contribution in [2.45, 2.75) is 37.0 Å². The predicted molar refractivity (Wildman–Crippen MR) is 70.2 cm³/mol. The number of aryl methyl sites for hydroxylation is 1. The summed E-state index contributed by atoms with van der Waals surface area (Å²) in [6.45, 7) is 2.15. The van der Waals surface area contributed by atoms with Crippen molar-refractivity contribution in [1.29, 1.82) is 0 Å². The number of nitrogens with zero attached hydrogens (tertiary/aromatic N) is 2. The maximum atomic E-state index is 9.06. The van der Waals surface area contributed by atoms with Gasteiger partial charge in [0.15, 0.2) is 5.82 Å². The van der Waals surface area contributed by atoms with Crippen molar-refractivity contribution in [2.24, 2.45) is 0 Å². The van der Waals surface area contributed by atoms with Crippen LogP contribution in [0.1, 0.15) is 30.6 Å². The summed E-state index contributed by atoms with van der Waals surface area (Å²) >= 11 is 1.63. The summed E-state index contributed by atoms with van der Waals surface area (Å²) in [4.78, 5) is 5.40. The van der Waals surface area contributed by atoms with E-state index in [9.17, 15) is 0 Å². The number of hydrogen-bond donors (Lipinski definition) is 1. The molecule has 18 heavy (non-hydrogen) atoms. The molecule has 4 nitrogen and oxygen atoms in total. The summed E-state index contributed by atoms with van der Waals surface area (Å²) in [5.41, 5.74) is 0.914. The highest BCUT2D eigenvalue weighted by atomic mass is 32.2. The zero-order valence-corrected chi connectivity index (χ0v) is 11.1. The molecule has 1 heterocycles. The summed E-state index contributed by atoms with van der Waals surface area (Å²) in [5, 5.41) is 13.0. The monoisotopic (exact) mass is 264 g/mol. The van der Waals surface area contributed by atoms with Crippen LogP contribution in [-0.2, 0) is 18.8 Å². The van der Waals surface area contributed by atoms with Gasteiger partial charge in [-0.25, -0.2) is 0 Å². The molecule has 1 N–H and O–H groups in total. The van der Waals surface area contributed by atoms with Crippen molar-refractivity contribution in [3.8, 4) is 0 Å². The highest BCUT2D eigenvalue weighted by Crippen LogP contribution is 2.23. The second-order valence-electron chi connectivity index (χ2n) is 3.95. The minimum Gasteiger partial charge on any atom is -0.392 e. The smallest absolute Gasteiger partial charge is 0.237 e. The molecule has 0 fully saturated rings. The lowest BCUT2D eigenvalue weighted by atomic mass is 10.2. The van der Waals surface area contributed by atoms with Crippen LogP contribution in [0.15, 0.2) is 33.7 Å². The van der Waals surface area contributed by atoms with Gasteiger partial charge in [0.05, 0.1) is 12.4 Å². The molecule has 0 saturated carbocycles. The average Bonchev–Trinajstić information content (AvgIpc) is 2.85. The molecule has 0 amide bonds. The van der Waals surface area contributed by atoms with Crippen LogP contribution in [0.3, 0.4) is 0 Å². The topological polar surface area (TPSA) is 59.2 Å². The van der Waals surface area contributed by atoms with E-state index in [0.29, 0.717) is 11.6 Å². The lowest BCUT2D eigenvalue weighted by Gasteiger charge is -2.00. The van der Waals surface area contributed by atoms with Gasteiger partial charge in [-0.05, 0) is 24.1 Å². The number of benzene rings is 1. The Hall–Kier alpha value is -1.33. The fourth-order valence-corrected chi connectivity index (χ4v) is 2.37. The van der Waals surface area contributed by atoms with Crippen LogP contribution in [0.2, 0.25) is 0 Å². The largest absolute Gasteiger partial charge is 0.392 e. The standard InChI is InChI=1S/C13H16N2O2S/c1-2-4-12-14-13(17-15-12)9-18-11-6-3-5-10(7-11)8-16/h3,5-7,16H,2,4,8-9H2,1H3. The van der Waals surface area contributed by atoms with Crippen molar-refractivity contribution in [3.05, 3.63) is 41.5 Å². The van der Waals surface area contributed by atoms with Crippen molar-refractivity contribution < 1.29 is 9.63 Å². The van der Waals surface area contributed by atoms with E-state index in [0.717, 1.165) is 29.1 Å². The van der Waals surface area contributed by atoms with Crippen molar-refractivity contribution >= 4 is 11.8 Å². The van der Waals surface area contributed by atoms with Crippen LogP contribution in [0.5, 0.6) is 0 Å². The molecule has 0 radical (unpaired) electrons. The molecule has 0 aliphatic heterocycles. The highest BCUT2D eigenvalue weighted by Gasteiger charge is 2.06. The zero-order valence-electron chi connectivity index (χ0n) is 10.3.